The highest BCUT2D eigenvalue weighted by Crippen LogP contribution is 2.42. The number of fused-ring (bicyclic) bond motifs is 4. The standard InChI is InChI=1S/C35H35ClN8O3/c1-47-28-13-23(35(46)43-16-22-6-8-26(43)30(22)37)11-25-31(28)44(24-17-41(18-24)34(45)21-7-9-29(36)39-14-21)33(40-25)27-12-20-3-2-10-38-32(20)42(27)15-19-4-5-19/h2-3,7,9-14,19,22,24,26,30H,4-6,8,15-18,37H2,1H3/t22-,26-,30-/m1/s1. The van der Waals surface area contributed by atoms with E-state index in [1.54, 1.807) is 19.2 Å². The lowest BCUT2D eigenvalue weighted by Crippen LogP contribution is -2.50. The molecular weight excluding hydrogens is 616 g/mol. The number of aromatic nitrogens is 5. The largest absolute Gasteiger partial charge is 0.494 e. The molecule has 4 aliphatic rings. The van der Waals surface area contributed by atoms with E-state index in [9.17, 15) is 9.59 Å². The summed E-state index contributed by atoms with van der Waals surface area (Å²) in [7, 11) is 1.63. The molecule has 5 aromatic rings. The van der Waals surface area contributed by atoms with E-state index in [1.807, 2.05) is 34.2 Å². The van der Waals surface area contributed by atoms with Crippen molar-refractivity contribution in [3.8, 4) is 17.3 Å². The van der Waals surface area contributed by atoms with Crippen molar-refractivity contribution < 1.29 is 14.3 Å². The Morgan fingerprint density at radius 2 is 1.85 bits per heavy atom. The Hall–Kier alpha value is -4.48. The minimum absolute atomic E-state index is 0.0327. The summed E-state index contributed by atoms with van der Waals surface area (Å²) in [5, 5.41) is 1.39. The van der Waals surface area contributed by atoms with Crippen LogP contribution in [0.4, 0.5) is 0 Å². The Kier molecular flexibility index (Phi) is 6.59. The molecule has 3 atom stereocenters. The van der Waals surface area contributed by atoms with Gasteiger partial charge in [-0.15, -0.1) is 0 Å². The zero-order valence-corrected chi connectivity index (χ0v) is 26.8. The number of rotatable bonds is 7. The minimum atomic E-state index is -0.0959. The second-order valence-corrected chi connectivity index (χ2v) is 13.9. The number of likely N-dealkylation sites (tertiary alicyclic amines) is 2. The van der Waals surface area contributed by atoms with Crippen LogP contribution in [0.5, 0.6) is 5.75 Å². The fraction of sp³-hybridized carbons (Fsp3) is 0.400. The molecule has 2 bridgehead atoms. The van der Waals surface area contributed by atoms with Crippen LogP contribution < -0.4 is 10.5 Å². The molecule has 2 saturated heterocycles. The van der Waals surface area contributed by atoms with Crippen molar-refractivity contribution >= 4 is 45.5 Å². The highest BCUT2D eigenvalue weighted by molar-refractivity contribution is 6.29. The van der Waals surface area contributed by atoms with E-state index in [4.69, 9.17) is 32.0 Å². The van der Waals surface area contributed by atoms with Gasteiger partial charge in [0.2, 0.25) is 0 Å². The second kappa shape index (κ2) is 10.8. The van der Waals surface area contributed by atoms with Crippen molar-refractivity contribution in [2.24, 2.45) is 17.6 Å². The van der Waals surface area contributed by atoms with E-state index in [0.717, 1.165) is 47.5 Å². The lowest BCUT2D eigenvalue weighted by Gasteiger charge is -2.41. The van der Waals surface area contributed by atoms with Crippen LogP contribution in [-0.2, 0) is 6.54 Å². The number of amides is 2. The number of piperidine rings is 1. The number of hydrogen-bond acceptors (Lipinski definition) is 7. The second-order valence-electron chi connectivity index (χ2n) is 13.5. The van der Waals surface area contributed by atoms with Gasteiger partial charge in [0.15, 0.2) is 5.82 Å². The Morgan fingerprint density at radius 1 is 1.00 bits per heavy atom. The number of nitrogens with two attached hydrogens (primary N) is 1. The number of nitrogens with zero attached hydrogens (tertiary/aromatic N) is 7. The summed E-state index contributed by atoms with van der Waals surface area (Å²) >= 11 is 5.97. The molecule has 4 aromatic heterocycles. The number of halogens is 1. The van der Waals surface area contributed by atoms with Gasteiger partial charge in [0, 0.05) is 61.6 Å². The molecule has 12 heteroatoms. The quantitative estimate of drug-likeness (QED) is 0.252. The summed E-state index contributed by atoms with van der Waals surface area (Å²) in [6.45, 7) is 2.52. The number of hydrogen-bond donors (Lipinski definition) is 1. The summed E-state index contributed by atoms with van der Waals surface area (Å²) in [6.07, 6.45) is 7.76. The van der Waals surface area contributed by atoms with Gasteiger partial charge in [0.1, 0.15) is 22.1 Å². The monoisotopic (exact) mass is 650 g/mol. The highest BCUT2D eigenvalue weighted by atomic mass is 35.5. The first-order chi connectivity index (χ1) is 22.9. The molecule has 0 unspecified atom stereocenters. The first kappa shape index (κ1) is 28.7. The summed E-state index contributed by atoms with van der Waals surface area (Å²) < 4.78 is 10.5. The van der Waals surface area contributed by atoms with Gasteiger partial charge in [-0.3, -0.25) is 9.59 Å². The van der Waals surface area contributed by atoms with Crippen molar-refractivity contribution in [1.82, 2.24) is 33.9 Å². The third-order valence-electron chi connectivity index (χ3n) is 10.6. The number of benzene rings is 1. The van der Waals surface area contributed by atoms with Crippen LogP contribution in [-0.4, -0.2) is 84.5 Å². The molecule has 11 nitrogen and oxygen atoms in total. The molecule has 240 valence electrons. The van der Waals surface area contributed by atoms with Crippen LogP contribution in [0.3, 0.4) is 0 Å². The van der Waals surface area contributed by atoms with E-state index in [0.29, 0.717) is 59.0 Å². The molecule has 2 amide bonds. The van der Waals surface area contributed by atoms with Crippen LogP contribution >= 0.6 is 11.6 Å². The van der Waals surface area contributed by atoms with E-state index < -0.39 is 0 Å². The van der Waals surface area contributed by atoms with Gasteiger partial charge >= 0.3 is 0 Å². The molecule has 6 heterocycles. The predicted octanol–water partition coefficient (Wildman–Crippen LogP) is 4.78. The van der Waals surface area contributed by atoms with Crippen molar-refractivity contribution in [2.75, 3.05) is 26.7 Å². The number of ether oxygens (including phenoxy) is 1. The van der Waals surface area contributed by atoms with Crippen LogP contribution in [0.15, 0.2) is 54.9 Å². The highest BCUT2D eigenvalue weighted by Gasteiger charge is 2.47. The van der Waals surface area contributed by atoms with E-state index in [2.05, 4.69) is 26.3 Å². The zero-order chi connectivity index (χ0) is 32.0. The fourth-order valence-electron chi connectivity index (χ4n) is 7.94. The molecular formula is C35H35ClN8O3. The normalized spacial score (nSPS) is 22.4. The number of carbonyl (C=O) groups excluding carboxylic acids is 2. The molecule has 0 spiro atoms. The van der Waals surface area contributed by atoms with Gasteiger partial charge in [-0.2, -0.15) is 0 Å². The Morgan fingerprint density at radius 3 is 2.55 bits per heavy atom. The maximum Gasteiger partial charge on any atom is 0.255 e. The third kappa shape index (κ3) is 4.62. The van der Waals surface area contributed by atoms with E-state index in [1.165, 1.54) is 19.0 Å². The Bertz CT molecular complexity index is 2060. The summed E-state index contributed by atoms with van der Waals surface area (Å²) in [6, 6.07) is 13.3. The van der Waals surface area contributed by atoms with Crippen LogP contribution in [0.1, 0.15) is 52.4 Å². The smallest absolute Gasteiger partial charge is 0.255 e. The predicted molar refractivity (Wildman–Crippen MR) is 177 cm³/mol. The first-order valence-electron chi connectivity index (χ1n) is 16.4. The summed E-state index contributed by atoms with van der Waals surface area (Å²) in [4.78, 5) is 45.1. The van der Waals surface area contributed by atoms with Gasteiger partial charge in [0.05, 0.1) is 29.9 Å². The Balaban J connectivity index is 1.16. The molecule has 4 fully saturated rings. The lowest BCUT2D eigenvalue weighted by molar-refractivity contribution is 0.0527. The SMILES string of the molecule is COc1cc(C(=O)N2C[C@H]3CC[C@@H]2[C@@H]3N)cc2nc(-c3cc4cccnc4n3CC3CC3)n(C3CN(C(=O)c4ccc(Cl)nc4)C3)c12. The minimum Gasteiger partial charge on any atom is -0.494 e. The maximum atomic E-state index is 13.9. The fourth-order valence-corrected chi connectivity index (χ4v) is 8.05. The number of methoxy groups -OCH3 is 1. The maximum absolute atomic E-state index is 13.9. The van der Waals surface area contributed by atoms with E-state index >= 15 is 0 Å². The molecule has 2 aliphatic heterocycles. The van der Waals surface area contributed by atoms with Gasteiger partial charge in [0.25, 0.3) is 11.8 Å². The average molecular weight is 651 g/mol. The molecule has 47 heavy (non-hydrogen) atoms. The number of pyridine rings is 2. The molecule has 9 rings (SSSR count). The average Bonchev–Trinajstić information content (AvgIpc) is 3.41. The van der Waals surface area contributed by atoms with Gasteiger partial charge in [-0.25, -0.2) is 15.0 Å². The zero-order valence-electron chi connectivity index (χ0n) is 26.1. The van der Waals surface area contributed by atoms with E-state index in [-0.39, 0.29) is 29.9 Å². The van der Waals surface area contributed by atoms with Crippen LogP contribution in [0, 0.1) is 11.8 Å². The van der Waals surface area contributed by atoms with Crippen LogP contribution in [0.2, 0.25) is 5.15 Å². The lowest BCUT2D eigenvalue weighted by atomic mass is 10.1. The molecule has 2 aliphatic carbocycles. The summed E-state index contributed by atoms with van der Waals surface area (Å²) in [5.74, 6) is 2.18. The Labute approximate surface area is 276 Å². The van der Waals surface area contributed by atoms with Crippen molar-refractivity contribution in [3.63, 3.8) is 0 Å². The number of imidazole rings is 1. The van der Waals surface area contributed by atoms with Gasteiger partial charge in [-0.1, -0.05) is 11.6 Å². The number of carbonyl (C=O) groups is 2. The molecule has 0 radical (unpaired) electrons. The van der Waals surface area contributed by atoms with Gasteiger partial charge in [-0.05, 0) is 80.0 Å². The summed E-state index contributed by atoms with van der Waals surface area (Å²) in [5.41, 5.74) is 10.9. The van der Waals surface area contributed by atoms with Crippen LogP contribution in [0.25, 0.3) is 33.6 Å². The van der Waals surface area contributed by atoms with Crippen molar-refractivity contribution in [3.05, 3.63) is 71.1 Å². The molecule has 2 saturated carbocycles. The molecule has 2 N–H and O–H groups in total. The molecule has 1 aromatic carbocycles. The third-order valence-corrected chi connectivity index (χ3v) is 10.9. The van der Waals surface area contributed by atoms with Crippen molar-refractivity contribution in [2.45, 2.75) is 50.4 Å². The van der Waals surface area contributed by atoms with Gasteiger partial charge < -0.3 is 29.4 Å². The first-order valence-corrected chi connectivity index (χ1v) is 16.8. The topological polar surface area (TPSA) is 124 Å². The van der Waals surface area contributed by atoms with Crippen molar-refractivity contribution in [1.29, 1.82) is 0 Å².